The van der Waals surface area contributed by atoms with Crippen molar-refractivity contribution in [3.63, 3.8) is 0 Å². The first-order chi connectivity index (χ1) is 17.0. The van der Waals surface area contributed by atoms with Crippen LogP contribution in [0.1, 0.15) is 36.1 Å². The summed E-state index contributed by atoms with van der Waals surface area (Å²) in [5.74, 6) is 0.777. The van der Waals surface area contributed by atoms with Gasteiger partial charge in [0, 0.05) is 25.8 Å². The fourth-order valence-electron chi connectivity index (χ4n) is 4.50. The molecule has 8 heteroatoms. The molecule has 5 rings (SSSR count). The van der Waals surface area contributed by atoms with Gasteiger partial charge in [0.15, 0.2) is 11.0 Å². The van der Waals surface area contributed by atoms with Crippen LogP contribution in [-0.4, -0.2) is 42.9 Å². The van der Waals surface area contributed by atoms with Crippen molar-refractivity contribution >= 4 is 17.7 Å². The summed E-state index contributed by atoms with van der Waals surface area (Å²) in [7, 11) is 1.83. The number of carbonyl (C=O) groups excluding carboxylic acids is 1. The lowest BCUT2D eigenvalue weighted by atomic mass is 10.1. The van der Waals surface area contributed by atoms with Crippen LogP contribution in [0.5, 0.6) is 0 Å². The topological polar surface area (TPSA) is 73.0 Å². The maximum atomic E-state index is 13.4. The van der Waals surface area contributed by atoms with Crippen LogP contribution in [0.15, 0.2) is 64.5 Å². The summed E-state index contributed by atoms with van der Waals surface area (Å²) in [6.07, 6.45) is 3.97. The molecule has 0 atom stereocenters. The molecule has 3 aliphatic rings. The second-order valence-electron chi connectivity index (χ2n) is 9.08. The fraction of sp³-hybridized carbons (Fsp3) is 0.333. The third-order valence-corrected chi connectivity index (χ3v) is 7.42. The maximum absolute atomic E-state index is 13.4. The fourth-order valence-corrected chi connectivity index (χ4v) is 5.48. The van der Waals surface area contributed by atoms with Gasteiger partial charge in [-0.15, -0.1) is 5.10 Å². The van der Waals surface area contributed by atoms with E-state index < -0.39 is 0 Å². The van der Waals surface area contributed by atoms with Crippen LogP contribution < -0.4 is 5.56 Å². The molecule has 0 saturated heterocycles. The van der Waals surface area contributed by atoms with E-state index >= 15 is 0 Å². The number of fused-ring (bicyclic) bond motifs is 3. The van der Waals surface area contributed by atoms with Crippen molar-refractivity contribution in [2.45, 2.75) is 50.9 Å². The van der Waals surface area contributed by atoms with Crippen molar-refractivity contribution in [2.24, 2.45) is 0 Å². The number of thioether (sulfide) groups is 1. The van der Waals surface area contributed by atoms with E-state index in [4.69, 9.17) is 4.98 Å². The Morgan fingerprint density at radius 3 is 2.60 bits per heavy atom. The Morgan fingerprint density at radius 2 is 1.83 bits per heavy atom. The number of hydrogen-bond acceptors (Lipinski definition) is 5. The number of aromatic nitrogens is 4. The third kappa shape index (κ3) is 4.89. The zero-order chi connectivity index (χ0) is 24.4. The number of rotatable bonds is 6. The molecule has 0 fully saturated rings. The highest BCUT2D eigenvalue weighted by Crippen LogP contribution is 2.30. The largest absolute Gasteiger partial charge is 0.341 e. The van der Waals surface area contributed by atoms with Gasteiger partial charge < -0.3 is 9.47 Å². The van der Waals surface area contributed by atoms with Gasteiger partial charge in [-0.1, -0.05) is 66.2 Å². The van der Waals surface area contributed by atoms with Crippen LogP contribution in [0.2, 0.25) is 0 Å². The van der Waals surface area contributed by atoms with Gasteiger partial charge >= 0.3 is 0 Å². The van der Waals surface area contributed by atoms with E-state index in [1.807, 2.05) is 37.4 Å². The summed E-state index contributed by atoms with van der Waals surface area (Å²) in [6.45, 7) is 3.42. The Morgan fingerprint density at radius 1 is 1.06 bits per heavy atom. The Hall–Kier alpha value is -3.39. The van der Waals surface area contributed by atoms with Gasteiger partial charge in [-0.05, 0) is 43.9 Å². The molecule has 0 aromatic heterocycles. The average Bonchev–Trinajstić information content (AvgIpc) is 3.03. The summed E-state index contributed by atoms with van der Waals surface area (Å²) in [6, 6.07) is 17.7. The first-order valence-electron chi connectivity index (χ1n) is 12.0. The van der Waals surface area contributed by atoms with Crippen LogP contribution in [0, 0.1) is 6.92 Å². The predicted octanol–water partition coefficient (Wildman–Crippen LogP) is 4.32. The van der Waals surface area contributed by atoms with Gasteiger partial charge in [0.25, 0.3) is 5.56 Å². The van der Waals surface area contributed by atoms with Crippen molar-refractivity contribution in [1.29, 1.82) is 0 Å². The zero-order valence-electron chi connectivity index (χ0n) is 20.1. The summed E-state index contributed by atoms with van der Waals surface area (Å²) in [5.41, 5.74) is 4.49. The first kappa shape index (κ1) is 23.4. The lowest BCUT2D eigenvalue weighted by Gasteiger charge is -2.20. The standard InChI is InChI=1S/C27H29N5O2S/c1-19-12-14-20(15-13-19)17-30(2)23(33)18-35-27-28-25-24(22-11-7-4-8-16-31(22)27)26(34)32(29-25)21-9-5-3-6-10-21/h3,5-6,9-10,12-15H,4,7-8,11,16-18H2,1-2H3. The molecule has 35 heavy (non-hydrogen) atoms. The van der Waals surface area contributed by atoms with Crippen molar-refractivity contribution in [1.82, 2.24) is 24.2 Å². The lowest BCUT2D eigenvalue weighted by Crippen LogP contribution is -2.28. The number of aryl methyl sites for hydroxylation is 1. The van der Waals surface area contributed by atoms with E-state index in [-0.39, 0.29) is 17.2 Å². The average molecular weight is 488 g/mol. The normalized spacial score (nSPS) is 13.4. The summed E-state index contributed by atoms with van der Waals surface area (Å²) < 4.78 is 3.59. The summed E-state index contributed by atoms with van der Waals surface area (Å²) >= 11 is 1.43. The quantitative estimate of drug-likeness (QED) is 0.299. The van der Waals surface area contributed by atoms with Crippen LogP contribution in [0.3, 0.4) is 0 Å². The molecular formula is C27H29N5O2S. The monoisotopic (exact) mass is 487 g/mol. The number of hydrogen-bond donors (Lipinski definition) is 0. The van der Waals surface area contributed by atoms with Gasteiger partial charge in [-0.3, -0.25) is 9.59 Å². The highest BCUT2D eigenvalue weighted by molar-refractivity contribution is 7.99. The second-order valence-corrected chi connectivity index (χ2v) is 10.0. The van der Waals surface area contributed by atoms with Crippen molar-refractivity contribution in [2.75, 3.05) is 12.8 Å². The van der Waals surface area contributed by atoms with E-state index in [1.165, 1.54) is 22.0 Å². The number of para-hydroxylation sites is 1. The van der Waals surface area contributed by atoms with Crippen molar-refractivity contribution in [3.8, 4) is 17.1 Å². The molecular weight excluding hydrogens is 458 g/mol. The van der Waals surface area contributed by atoms with Gasteiger partial charge in [-0.2, -0.15) is 4.68 Å². The van der Waals surface area contributed by atoms with E-state index in [2.05, 4.69) is 40.9 Å². The van der Waals surface area contributed by atoms with Crippen LogP contribution in [0.4, 0.5) is 0 Å². The molecule has 0 radical (unpaired) electrons. The third-order valence-electron chi connectivity index (χ3n) is 6.46. The molecule has 1 amide bonds. The lowest BCUT2D eigenvalue weighted by molar-refractivity contribution is -0.127. The Balaban J connectivity index is 1.43. The van der Waals surface area contributed by atoms with Crippen LogP contribution >= 0.6 is 11.8 Å². The van der Waals surface area contributed by atoms with Crippen molar-refractivity contribution in [3.05, 3.63) is 81.8 Å². The SMILES string of the molecule is Cc1ccc(CN(C)C(=O)CSc2nc3nn(-c4ccccc4)c(=O)c-3c3n2CCCCC3)cc1. The highest BCUT2D eigenvalue weighted by Gasteiger charge is 2.27. The molecule has 180 valence electrons. The van der Waals surface area contributed by atoms with Gasteiger partial charge in [0.05, 0.1) is 11.4 Å². The highest BCUT2D eigenvalue weighted by atomic mass is 32.2. The molecule has 3 aliphatic heterocycles. The molecule has 0 bridgehead atoms. The maximum Gasteiger partial charge on any atom is 0.284 e. The minimum atomic E-state index is -0.130. The number of amides is 1. The molecule has 0 spiro atoms. The minimum absolute atomic E-state index is 0.0415. The molecule has 0 unspecified atom stereocenters. The van der Waals surface area contributed by atoms with Crippen molar-refractivity contribution < 1.29 is 4.79 Å². The smallest absolute Gasteiger partial charge is 0.284 e. The van der Waals surface area contributed by atoms with Gasteiger partial charge in [0.1, 0.15) is 5.56 Å². The van der Waals surface area contributed by atoms with Crippen LogP contribution in [-0.2, 0) is 24.3 Å². The van der Waals surface area contributed by atoms with Crippen LogP contribution in [0.25, 0.3) is 17.1 Å². The number of carbonyl (C=O) groups is 1. The van der Waals surface area contributed by atoms with E-state index in [1.54, 1.807) is 4.90 Å². The Labute approximate surface area is 209 Å². The molecule has 0 aliphatic carbocycles. The first-order valence-corrected chi connectivity index (χ1v) is 13.0. The van der Waals surface area contributed by atoms with E-state index in [9.17, 15) is 9.59 Å². The van der Waals surface area contributed by atoms with Gasteiger partial charge in [-0.25, -0.2) is 4.98 Å². The number of nitrogens with zero attached hydrogens (tertiary/aromatic N) is 5. The Bertz CT molecular complexity index is 1360. The zero-order valence-corrected chi connectivity index (χ0v) is 20.9. The second kappa shape index (κ2) is 10.1. The molecule has 3 heterocycles. The molecule has 2 aromatic carbocycles. The van der Waals surface area contributed by atoms with Gasteiger partial charge in [0.2, 0.25) is 5.91 Å². The summed E-state index contributed by atoms with van der Waals surface area (Å²) in [4.78, 5) is 32.8. The van der Waals surface area contributed by atoms with E-state index in [0.29, 0.717) is 17.9 Å². The number of benzene rings is 2. The minimum Gasteiger partial charge on any atom is -0.341 e. The van der Waals surface area contributed by atoms with E-state index in [0.717, 1.165) is 54.3 Å². The molecule has 7 nitrogen and oxygen atoms in total. The molecule has 2 aromatic rings. The summed E-state index contributed by atoms with van der Waals surface area (Å²) in [5, 5.41) is 5.33. The molecule has 0 saturated carbocycles. The Kier molecular flexibility index (Phi) is 6.72. The molecule has 0 N–H and O–H groups in total. The predicted molar refractivity (Wildman–Crippen MR) is 138 cm³/mol.